The van der Waals surface area contributed by atoms with Crippen LogP contribution in [0.2, 0.25) is 0 Å². The van der Waals surface area contributed by atoms with Gasteiger partial charge in [0.25, 0.3) is 5.91 Å². The first-order valence-corrected chi connectivity index (χ1v) is 11.2. The molecule has 6 nitrogen and oxygen atoms in total. The average Bonchev–Trinajstić information content (AvgIpc) is 3.06. The summed E-state index contributed by atoms with van der Waals surface area (Å²) in [6, 6.07) is 10.7. The largest absolute Gasteiger partial charge is 0.490 e. The van der Waals surface area contributed by atoms with Crippen LogP contribution in [-0.4, -0.2) is 49.5 Å². The minimum atomic E-state index is -0.524. The fourth-order valence-electron chi connectivity index (χ4n) is 4.34. The first-order chi connectivity index (χ1) is 15.8. The van der Waals surface area contributed by atoms with Crippen molar-refractivity contribution in [2.75, 3.05) is 33.8 Å². The van der Waals surface area contributed by atoms with Crippen LogP contribution in [-0.2, 0) is 0 Å². The summed E-state index contributed by atoms with van der Waals surface area (Å²) in [5, 5.41) is 0.504. The van der Waals surface area contributed by atoms with Crippen molar-refractivity contribution >= 4 is 16.9 Å². The number of aryl methyl sites for hydroxylation is 2. The molecular weight excluding hydrogens is 416 g/mol. The highest BCUT2D eigenvalue weighted by Gasteiger charge is 2.42. The van der Waals surface area contributed by atoms with Gasteiger partial charge in [0.1, 0.15) is 17.9 Å². The Morgan fingerprint density at radius 3 is 2.64 bits per heavy atom. The van der Waals surface area contributed by atoms with E-state index in [1.165, 1.54) is 0 Å². The number of benzene rings is 2. The van der Waals surface area contributed by atoms with E-state index in [0.717, 1.165) is 29.7 Å². The van der Waals surface area contributed by atoms with E-state index in [-0.39, 0.29) is 17.1 Å². The Morgan fingerprint density at radius 2 is 1.91 bits per heavy atom. The Hall–Kier alpha value is -3.38. The zero-order chi connectivity index (χ0) is 23.7. The molecule has 1 aliphatic heterocycles. The van der Waals surface area contributed by atoms with Crippen molar-refractivity contribution in [2.24, 2.45) is 0 Å². The van der Waals surface area contributed by atoms with Crippen LogP contribution in [0, 0.1) is 13.8 Å². The lowest BCUT2D eigenvalue weighted by Crippen LogP contribution is -2.32. The van der Waals surface area contributed by atoms with Crippen LogP contribution in [0.1, 0.15) is 45.3 Å². The third kappa shape index (κ3) is 4.31. The molecule has 0 unspecified atom stereocenters. The van der Waals surface area contributed by atoms with Gasteiger partial charge in [0, 0.05) is 6.54 Å². The number of rotatable bonds is 8. The average molecular weight is 447 g/mol. The second-order valence-electron chi connectivity index (χ2n) is 8.84. The molecule has 2 heterocycles. The SMILES string of the molecule is C=CCOc1cccc([C@@H]2c3c(oc4cc(C)c(C)cc4c3=O)C(=O)N2CCCN(C)C)c1. The minimum absolute atomic E-state index is 0.142. The number of hydrogen-bond acceptors (Lipinski definition) is 5. The normalized spacial score (nSPS) is 15.4. The van der Waals surface area contributed by atoms with E-state index in [4.69, 9.17) is 9.15 Å². The number of carbonyl (C=O) groups is 1. The molecule has 1 aromatic heterocycles. The van der Waals surface area contributed by atoms with Crippen molar-refractivity contribution in [2.45, 2.75) is 26.3 Å². The molecule has 0 N–H and O–H groups in total. The van der Waals surface area contributed by atoms with E-state index >= 15 is 0 Å². The molecule has 1 atom stereocenters. The predicted molar refractivity (Wildman–Crippen MR) is 130 cm³/mol. The van der Waals surface area contributed by atoms with Crippen molar-refractivity contribution < 1.29 is 13.9 Å². The van der Waals surface area contributed by atoms with Gasteiger partial charge < -0.3 is 19.0 Å². The number of amides is 1. The summed E-state index contributed by atoms with van der Waals surface area (Å²) in [5.74, 6) is 0.560. The lowest BCUT2D eigenvalue weighted by Gasteiger charge is -2.26. The van der Waals surface area contributed by atoms with Crippen LogP contribution < -0.4 is 10.2 Å². The van der Waals surface area contributed by atoms with Crippen molar-refractivity contribution in [3.05, 3.63) is 87.3 Å². The van der Waals surface area contributed by atoms with Crippen LogP contribution in [0.4, 0.5) is 0 Å². The van der Waals surface area contributed by atoms with Gasteiger partial charge in [-0.3, -0.25) is 9.59 Å². The number of ether oxygens (including phenoxy) is 1. The molecule has 1 amide bonds. The minimum Gasteiger partial charge on any atom is -0.490 e. The Balaban J connectivity index is 1.87. The van der Waals surface area contributed by atoms with Crippen molar-refractivity contribution in [3.8, 4) is 5.75 Å². The Bertz CT molecular complexity index is 1280. The summed E-state index contributed by atoms with van der Waals surface area (Å²) in [6.07, 6.45) is 2.46. The molecule has 1 aliphatic rings. The molecule has 0 saturated carbocycles. The molecule has 0 bridgehead atoms. The van der Waals surface area contributed by atoms with Gasteiger partial charge in [-0.25, -0.2) is 0 Å². The van der Waals surface area contributed by atoms with E-state index in [1.807, 2.05) is 64.3 Å². The van der Waals surface area contributed by atoms with Gasteiger partial charge in [0.05, 0.1) is 17.0 Å². The summed E-state index contributed by atoms with van der Waals surface area (Å²) >= 11 is 0. The second-order valence-corrected chi connectivity index (χ2v) is 8.84. The Labute approximate surface area is 194 Å². The first kappa shape index (κ1) is 22.8. The van der Waals surface area contributed by atoms with Crippen LogP contribution in [0.25, 0.3) is 11.0 Å². The molecule has 3 aromatic rings. The standard InChI is InChI=1S/C27H30N2O4/c1-6-13-32-20-10-7-9-19(16-20)24-23-25(30)21-14-17(2)18(3)15-22(21)33-26(23)27(31)29(24)12-8-11-28(4)5/h6-7,9-10,14-16,24H,1,8,11-13H2,2-5H3/t24-/m1/s1. The molecule has 0 radical (unpaired) electrons. The maximum atomic E-state index is 13.7. The van der Waals surface area contributed by atoms with Crippen LogP contribution >= 0.6 is 0 Å². The molecule has 33 heavy (non-hydrogen) atoms. The van der Waals surface area contributed by atoms with Crippen molar-refractivity contribution in [1.29, 1.82) is 0 Å². The molecule has 0 fully saturated rings. The first-order valence-electron chi connectivity index (χ1n) is 11.2. The van der Waals surface area contributed by atoms with Gasteiger partial charge in [0.15, 0.2) is 5.43 Å². The van der Waals surface area contributed by atoms with Crippen LogP contribution in [0.5, 0.6) is 5.75 Å². The predicted octanol–water partition coefficient (Wildman–Crippen LogP) is 4.47. The van der Waals surface area contributed by atoms with E-state index in [1.54, 1.807) is 11.0 Å². The summed E-state index contributed by atoms with van der Waals surface area (Å²) in [4.78, 5) is 31.0. The summed E-state index contributed by atoms with van der Waals surface area (Å²) in [5.41, 5.74) is 3.55. The zero-order valence-corrected chi connectivity index (χ0v) is 19.7. The fraction of sp³-hybridized carbons (Fsp3) is 0.333. The Morgan fingerprint density at radius 1 is 1.15 bits per heavy atom. The summed E-state index contributed by atoms with van der Waals surface area (Å²) in [7, 11) is 4.00. The summed E-state index contributed by atoms with van der Waals surface area (Å²) < 4.78 is 11.8. The monoisotopic (exact) mass is 446 g/mol. The zero-order valence-electron chi connectivity index (χ0n) is 19.7. The molecule has 4 rings (SSSR count). The molecule has 6 heteroatoms. The highest BCUT2D eigenvalue weighted by atomic mass is 16.5. The smallest absolute Gasteiger partial charge is 0.290 e. The van der Waals surface area contributed by atoms with Crippen molar-refractivity contribution in [1.82, 2.24) is 9.80 Å². The van der Waals surface area contributed by atoms with Gasteiger partial charge in [-0.2, -0.15) is 0 Å². The third-order valence-electron chi connectivity index (χ3n) is 6.13. The fourth-order valence-corrected chi connectivity index (χ4v) is 4.34. The number of fused-ring (bicyclic) bond motifs is 2. The molecular formula is C27H30N2O4. The van der Waals surface area contributed by atoms with E-state index < -0.39 is 6.04 Å². The van der Waals surface area contributed by atoms with Gasteiger partial charge >= 0.3 is 0 Å². The quantitative estimate of drug-likeness (QED) is 0.478. The van der Waals surface area contributed by atoms with E-state index in [2.05, 4.69) is 11.5 Å². The molecule has 0 saturated heterocycles. The second kappa shape index (κ2) is 9.24. The van der Waals surface area contributed by atoms with Crippen LogP contribution in [0.15, 0.2) is 58.3 Å². The van der Waals surface area contributed by atoms with Gasteiger partial charge in [-0.05, 0) is 81.9 Å². The maximum absolute atomic E-state index is 13.7. The van der Waals surface area contributed by atoms with Crippen LogP contribution in [0.3, 0.4) is 0 Å². The number of nitrogens with zero attached hydrogens (tertiary/aromatic N) is 2. The molecule has 0 aliphatic carbocycles. The van der Waals surface area contributed by atoms with Gasteiger partial charge in [-0.1, -0.05) is 24.8 Å². The van der Waals surface area contributed by atoms with E-state index in [9.17, 15) is 9.59 Å². The molecule has 2 aromatic carbocycles. The van der Waals surface area contributed by atoms with E-state index in [0.29, 0.717) is 35.4 Å². The number of carbonyl (C=O) groups excluding carboxylic acids is 1. The van der Waals surface area contributed by atoms with Gasteiger partial charge in [-0.15, -0.1) is 0 Å². The highest BCUT2D eigenvalue weighted by Crippen LogP contribution is 2.39. The van der Waals surface area contributed by atoms with Crippen molar-refractivity contribution in [3.63, 3.8) is 0 Å². The Kier molecular flexibility index (Phi) is 6.38. The lowest BCUT2D eigenvalue weighted by molar-refractivity contribution is 0.0722. The molecule has 0 spiro atoms. The lowest BCUT2D eigenvalue weighted by atomic mass is 9.97. The maximum Gasteiger partial charge on any atom is 0.290 e. The third-order valence-corrected chi connectivity index (χ3v) is 6.13. The number of hydrogen-bond donors (Lipinski definition) is 0. The molecule has 172 valence electrons. The van der Waals surface area contributed by atoms with Gasteiger partial charge in [0.2, 0.25) is 5.76 Å². The topological polar surface area (TPSA) is 63.0 Å². The summed E-state index contributed by atoms with van der Waals surface area (Å²) in [6.45, 7) is 9.35. The highest BCUT2D eigenvalue weighted by molar-refractivity contribution is 5.99.